The summed E-state index contributed by atoms with van der Waals surface area (Å²) in [5.41, 5.74) is 6.33. The molecule has 3 N–H and O–H groups in total. The number of anilines is 2. The third-order valence-electron chi connectivity index (χ3n) is 1.77. The second-order valence-corrected chi connectivity index (χ2v) is 2.67. The fourth-order valence-corrected chi connectivity index (χ4v) is 1.15. The van der Waals surface area contributed by atoms with Gasteiger partial charge in [-0.15, -0.1) is 4.80 Å². The van der Waals surface area contributed by atoms with E-state index in [1.165, 1.54) is 4.80 Å². The van der Waals surface area contributed by atoms with Crippen molar-refractivity contribution in [3.63, 3.8) is 0 Å². The minimum absolute atomic E-state index is 0.463. The van der Waals surface area contributed by atoms with Crippen LogP contribution in [0.15, 0.2) is 24.5 Å². The molecule has 0 spiro atoms. The third-order valence-corrected chi connectivity index (χ3v) is 1.77. The van der Waals surface area contributed by atoms with Crippen LogP contribution in [0.25, 0.3) is 5.69 Å². The Morgan fingerprint density at radius 1 is 1.29 bits per heavy atom. The minimum atomic E-state index is 0.463. The number of pyridine rings is 1. The number of nitrogens with two attached hydrogens (primary N) is 1. The van der Waals surface area contributed by atoms with E-state index in [0.717, 1.165) is 5.69 Å². The largest absolute Gasteiger partial charge is 0.384 e. The van der Waals surface area contributed by atoms with Gasteiger partial charge in [-0.25, -0.2) is 4.98 Å². The van der Waals surface area contributed by atoms with Gasteiger partial charge in [0.15, 0.2) is 5.82 Å². The highest BCUT2D eigenvalue weighted by Gasteiger charge is 2.05. The maximum atomic E-state index is 5.56. The molecule has 0 fully saturated rings. The van der Waals surface area contributed by atoms with Crippen molar-refractivity contribution in [1.29, 1.82) is 0 Å². The van der Waals surface area contributed by atoms with Crippen LogP contribution in [0.3, 0.4) is 0 Å². The van der Waals surface area contributed by atoms with Crippen LogP contribution in [-0.4, -0.2) is 27.0 Å². The first-order valence-corrected chi connectivity index (χ1v) is 4.12. The monoisotopic (exact) mass is 190 g/mol. The molecular weight excluding hydrogens is 180 g/mol. The maximum absolute atomic E-state index is 5.56. The molecule has 14 heavy (non-hydrogen) atoms. The molecule has 0 radical (unpaired) electrons. The van der Waals surface area contributed by atoms with Gasteiger partial charge in [-0.2, -0.15) is 10.2 Å². The summed E-state index contributed by atoms with van der Waals surface area (Å²) < 4.78 is 0. The molecule has 0 aliphatic rings. The summed E-state index contributed by atoms with van der Waals surface area (Å²) in [6.45, 7) is 0. The van der Waals surface area contributed by atoms with Gasteiger partial charge in [-0.05, 0) is 12.1 Å². The van der Waals surface area contributed by atoms with Crippen molar-refractivity contribution in [2.24, 2.45) is 0 Å². The van der Waals surface area contributed by atoms with Gasteiger partial charge in [0.25, 0.3) is 0 Å². The molecule has 72 valence electrons. The van der Waals surface area contributed by atoms with Crippen LogP contribution in [0, 0.1) is 0 Å². The number of hydrogen-bond acceptors (Lipinski definition) is 5. The SMILES string of the molecule is CNc1nc(N)ccc1-n1nccn1. The normalized spacial score (nSPS) is 10.1. The summed E-state index contributed by atoms with van der Waals surface area (Å²) in [6.07, 6.45) is 3.21. The van der Waals surface area contributed by atoms with Gasteiger partial charge < -0.3 is 11.1 Å². The fraction of sp³-hybridized carbons (Fsp3) is 0.125. The number of aromatic nitrogens is 4. The molecule has 6 heteroatoms. The molecule has 0 aliphatic carbocycles. The Morgan fingerprint density at radius 2 is 2.00 bits per heavy atom. The molecule has 0 aromatic carbocycles. The van der Waals surface area contributed by atoms with Crippen LogP contribution in [0.5, 0.6) is 0 Å². The van der Waals surface area contributed by atoms with Crippen LogP contribution in [0.1, 0.15) is 0 Å². The van der Waals surface area contributed by atoms with E-state index in [9.17, 15) is 0 Å². The molecule has 2 aromatic rings. The van der Waals surface area contributed by atoms with Crippen molar-refractivity contribution in [3.05, 3.63) is 24.5 Å². The molecule has 0 atom stereocenters. The number of nitrogens with one attached hydrogen (secondary N) is 1. The van der Waals surface area contributed by atoms with Crippen LogP contribution in [0.4, 0.5) is 11.6 Å². The number of hydrogen-bond donors (Lipinski definition) is 2. The number of nitrogen functional groups attached to an aromatic ring is 1. The zero-order valence-electron chi connectivity index (χ0n) is 7.68. The summed E-state index contributed by atoms with van der Waals surface area (Å²) in [7, 11) is 1.77. The Balaban J connectivity index is 2.53. The first-order valence-electron chi connectivity index (χ1n) is 4.12. The molecule has 0 unspecified atom stereocenters. The van der Waals surface area contributed by atoms with E-state index in [4.69, 9.17) is 5.73 Å². The van der Waals surface area contributed by atoms with Crippen molar-refractivity contribution in [3.8, 4) is 5.69 Å². The highest BCUT2D eigenvalue weighted by atomic mass is 15.5. The lowest BCUT2D eigenvalue weighted by molar-refractivity contribution is 0.750. The van der Waals surface area contributed by atoms with Crippen molar-refractivity contribution in [2.45, 2.75) is 0 Å². The van der Waals surface area contributed by atoms with Gasteiger partial charge in [0.1, 0.15) is 11.5 Å². The van der Waals surface area contributed by atoms with Gasteiger partial charge in [0.05, 0.1) is 12.4 Å². The second-order valence-electron chi connectivity index (χ2n) is 2.67. The van der Waals surface area contributed by atoms with Gasteiger partial charge >= 0.3 is 0 Å². The molecule has 2 rings (SSSR count). The first-order chi connectivity index (χ1) is 6.81. The molecule has 6 nitrogen and oxygen atoms in total. The summed E-state index contributed by atoms with van der Waals surface area (Å²) in [4.78, 5) is 5.60. The predicted octanol–water partition coefficient (Wildman–Crippen LogP) is 0.286. The fourth-order valence-electron chi connectivity index (χ4n) is 1.15. The molecular formula is C8H10N6. The predicted molar refractivity (Wildman–Crippen MR) is 53.1 cm³/mol. The molecule has 0 amide bonds. The summed E-state index contributed by atoms with van der Waals surface area (Å²) >= 11 is 0. The quantitative estimate of drug-likeness (QED) is 0.711. The maximum Gasteiger partial charge on any atom is 0.156 e. The van der Waals surface area contributed by atoms with Crippen LogP contribution >= 0.6 is 0 Å². The average Bonchev–Trinajstić information content (AvgIpc) is 2.70. The molecule has 2 heterocycles. The van der Waals surface area contributed by atoms with Gasteiger partial charge in [-0.1, -0.05) is 0 Å². The van der Waals surface area contributed by atoms with Crippen molar-refractivity contribution >= 4 is 11.6 Å². The topological polar surface area (TPSA) is 81.6 Å². The Labute approximate surface area is 80.8 Å². The Bertz CT molecular complexity index is 421. The zero-order chi connectivity index (χ0) is 9.97. The molecule has 0 saturated carbocycles. The van der Waals surface area contributed by atoms with E-state index in [2.05, 4.69) is 20.5 Å². The molecule has 0 aliphatic heterocycles. The van der Waals surface area contributed by atoms with E-state index in [0.29, 0.717) is 11.6 Å². The van der Waals surface area contributed by atoms with E-state index < -0.39 is 0 Å². The second kappa shape index (κ2) is 3.33. The lowest BCUT2D eigenvalue weighted by Crippen LogP contribution is -2.06. The third kappa shape index (κ3) is 1.37. The van der Waals surface area contributed by atoms with E-state index >= 15 is 0 Å². The Kier molecular flexibility index (Phi) is 2.02. The summed E-state index contributed by atoms with van der Waals surface area (Å²) in [5.74, 6) is 1.12. The number of rotatable bonds is 2. The highest BCUT2D eigenvalue weighted by molar-refractivity contribution is 5.57. The average molecular weight is 190 g/mol. The lowest BCUT2D eigenvalue weighted by atomic mass is 10.4. The van der Waals surface area contributed by atoms with Gasteiger partial charge in [0.2, 0.25) is 0 Å². The van der Waals surface area contributed by atoms with E-state index in [1.807, 2.05) is 6.07 Å². The van der Waals surface area contributed by atoms with Crippen molar-refractivity contribution in [2.75, 3.05) is 18.1 Å². The summed E-state index contributed by atoms with van der Waals surface area (Å²) in [5, 5.41) is 11.0. The van der Waals surface area contributed by atoms with Crippen molar-refractivity contribution < 1.29 is 0 Å². The summed E-state index contributed by atoms with van der Waals surface area (Å²) in [6, 6.07) is 3.52. The van der Waals surface area contributed by atoms with Crippen LogP contribution < -0.4 is 11.1 Å². The smallest absolute Gasteiger partial charge is 0.156 e. The van der Waals surface area contributed by atoms with E-state index in [-0.39, 0.29) is 0 Å². The van der Waals surface area contributed by atoms with Crippen LogP contribution in [0.2, 0.25) is 0 Å². The van der Waals surface area contributed by atoms with E-state index in [1.54, 1.807) is 25.5 Å². The lowest BCUT2D eigenvalue weighted by Gasteiger charge is -2.06. The Hall–Kier alpha value is -2.11. The van der Waals surface area contributed by atoms with Gasteiger partial charge in [-0.3, -0.25) is 0 Å². The first kappa shape index (κ1) is 8.49. The molecule has 0 saturated heterocycles. The molecule has 0 bridgehead atoms. The van der Waals surface area contributed by atoms with Crippen molar-refractivity contribution in [1.82, 2.24) is 20.0 Å². The standard InChI is InChI=1S/C8H10N6/c1-10-8-6(2-3-7(9)13-8)14-11-4-5-12-14/h2-5H,1H3,(H3,9,10,13). The van der Waals surface area contributed by atoms with Crippen LogP contribution in [-0.2, 0) is 0 Å². The Morgan fingerprint density at radius 3 is 2.64 bits per heavy atom. The molecule has 2 aromatic heterocycles. The zero-order valence-corrected chi connectivity index (χ0v) is 7.68. The minimum Gasteiger partial charge on any atom is -0.384 e. The highest BCUT2D eigenvalue weighted by Crippen LogP contribution is 2.16. The number of nitrogens with zero attached hydrogens (tertiary/aromatic N) is 4. The van der Waals surface area contributed by atoms with Gasteiger partial charge in [0, 0.05) is 7.05 Å².